The molecule has 1 aliphatic rings. The van der Waals surface area contributed by atoms with E-state index in [0.29, 0.717) is 31.5 Å². The molecule has 5 heteroatoms. The summed E-state index contributed by atoms with van der Waals surface area (Å²) in [6.45, 7) is 0.753. The van der Waals surface area contributed by atoms with Crippen molar-refractivity contribution in [2.24, 2.45) is 11.5 Å². The van der Waals surface area contributed by atoms with Crippen LogP contribution in [0.3, 0.4) is 0 Å². The van der Waals surface area contributed by atoms with Crippen molar-refractivity contribution in [1.29, 1.82) is 0 Å². The molecule has 2 atom stereocenters. The van der Waals surface area contributed by atoms with Crippen LogP contribution in [0.25, 0.3) is 0 Å². The zero-order chi connectivity index (χ0) is 14.5. The van der Waals surface area contributed by atoms with E-state index in [1.165, 1.54) is 0 Å². The summed E-state index contributed by atoms with van der Waals surface area (Å²) in [4.78, 5) is 12.2. The summed E-state index contributed by atoms with van der Waals surface area (Å²) in [5, 5.41) is 12.7. The number of amides is 1. The zero-order valence-corrected chi connectivity index (χ0v) is 11.4. The Bertz CT molecular complexity index is 514. The predicted octanol–water partition coefficient (Wildman–Crippen LogP) is 0.413. The smallest absolute Gasteiger partial charge is 0.251 e. The molecule has 1 amide bonds. The van der Waals surface area contributed by atoms with Crippen molar-refractivity contribution in [2.45, 2.75) is 38.1 Å². The van der Waals surface area contributed by atoms with Gasteiger partial charge in [-0.25, -0.2) is 0 Å². The van der Waals surface area contributed by atoms with E-state index in [9.17, 15) is 9.90 Å². The van der Waals surface area contributed by atoms with Gasteiger partial charge in [0.1, 0.15) is 0 Å². The van der Waals surface area contributed by atoms with Crippen LogP contribution < -0.4 is 16.8 Å². The van der Waals surface area contributed by atoms with Crippen molar-refractivity contribution in [1.82, 2.24) is 5.32 Å². The van der Waals surface area contributed by atoms with Crippen LogP contribution in [-0.4, -0.2) is 23.2 Å². The third kappa shape index (κ3) is 3.25. The largest absolute Gasteiger partial charge is 0.391 e. The Kier molecular flexibility index (Phi) is 4.89. The van der Waals surface area contributed by atoms with Gasteiger partial charge in [-0.2, -0.15) is 0 Å². The van der Waals surface area contributed by atoms with Gasteiger partial charge in [0.15, 0.2) is 0 Å². The lowest BCUT2D eigenvalue weighted by Gasteiger charge is -2.25. The second kappa shape index (κ2) is 6.65. The number of aliphatic hydroxyl groups excluding tert-OH is 1. The minimum atomic E-state index is -0.527. The Balaban J connectivity index is 2.11. The fourth-order valence-corrected chi connectivity index (χ4v) is 2.36. The first-order valence-electron chi connectivity index (χ1n) is 6.81. The van der Waals surface area contributed by atoms with Crippen LogP contribution in [0.5, 0.6) is 0 Å². The molecule has 0 bridgehead atoms. The first-order chi connectivity index (χ1) is 9.65. The maximum Gasteiger partial charge on any atom is 0.251 e. The zero-order valence-electron chi connectivity index (χ0n) is 11.4. The Morgan fingerprint density at radius 2 is 1.90 bits per heavy atom. The molecule has 6 N–H and O–H groups in total. The van der Waals surface area contributed by atoms with Crippen LogP contribution in [0.1, 0.15) is 34.3 Å². The lowest BCUT2D eigenvalue weighted by Crippen LogP contribution is -2.44. The van der Waals surface area contributed by atoms with Gasteiger partial charge in [0.25, 0.3) is 5.91 Å². The summed E-state index contributed by atoms with van der Waals surface area (Å²) < 4.78 is 0. The van der Waals surface area contributed by atoms with Crippen molar-refractivity contribution in [3.05, 3.63) is 47.0 Å². The van der Waals surface area contributed by atoms with Crippen molar-refractivity contribution < 1.29 is 9.90 Å². The quantitative estimate of drug-likeness (QED) is 0.598. The maximum absolute atomic E-state index is 12.2. The Labute approximate surface area is 118 Å². The van der Waals surface area contributed by atoms with Crippen LogP contribution in [0, 0.1) is 0 Å². The summed E-state index contributed by atoms with van der Waals surface area (Å²) in [6.07, 6.45) is 4.60. The van der Waals surface area contributed by atoms with Crippen molar-refractivity contribution in [2.75, 3.05) is 0 Å². The molecule has 0 fully saturated rings. The van der Waals surface area contributed by atoms with Gasteiger partial charge in [0.05, 0.1) is 12.1 Å². The molecular formula is C15H21N3O2. The lowest BCUT2D eigenvalue weighted by atomic mass is 9.97. The molecule has 0 heterocycles. The Morgan fingerprint density at radius 3 is 2.55 bits per heavy atom. The highest BCUT2D eigenvalue weighted by Gasteiger charge is 2.22. The standard InChI is InChI=1S/C15H21N3O2/c16-8-11-6-5-10(7-12(11)9-17)15(20)18-13-3-1-2-4-14(13)19/h1-2,5-7,13-14,19H,3-4,8-9,16-17H2,(H,18,20)/t13?,14-/m1/s1. The predicted molar refractivity (Wildman–Crippen MR) is 77.9 cm³/mol. The monoisotopic (exact) mass is 275 g/mol. The van der Waals surface area contributed by atoms with Crippen molar-refractivity contribution >= 4 is 5.91 Å². The lowest BCUT2D eigenvalue weighted by molar-refractivity contribution is 0.0829. The summed E-state index contributed by atoms with van der Waals surface area (Å²) in [5.74, 6) is -0.192. The van der Waals surface area contributed by atoms with E-state index in [4.69, 9.17) is 11.5 Å². The van der Waals surface area contributed by atoms with Crippen LogP contribution in [0.15, 0.2) is 30.4 Å². The number of nitrogens with one attached hydrogen (secondary N) is 1. The second-order valence-corrected chi connectivity index (χ2v) is 4.98. The van der Waals surface area contributed by atoms with Gasteiger partial charge in [0.2, 0.25) is 0 Å². The molecule has 0 radical (unpaired) electrons. The minimum absolute atomic E-state index is 0.192. The molecule has 0 saturated heterocycles. The topological polar surface area (TPSA) is 101 Å². The molecule has 20 heavy (non-hydrogen) atoms. The van der Waals surface area contributed by atoms with Crippen molar-refractivity contribution in [3.8, 4) is 0 Å². The van der Waals surface area contributed by atoms with E-state index in [0.717, 1.165) is 11.1 Å². The number of nitrogens with two attached hydrogens (primary N) is 2. The average Bonchev–Trinajstić information content (AvgIpc) is 2.48. The van der Waals surface area contributed by atoms with Crippen LogP contribution in [0.2, 0.25) is 0 Å². The number of benzene rings is 1. The van der Waals surface area contributed by atoms with Gasteiger partial charge in [-0.05, 0) is 36.1 Å². The van der Waals surface area contributed by atoms with E-state index >= 15 is 0 Å². The third-order valence-corrected chi connectivity index (χ3v) is 3.62. The van der Waals surface area contributed by atoms with Crippen LogP contribution in [-0.2, 0) is 13.1 Å². The van der Waals surface area contributed by atoms with E-state index < -0.39 is 6.10 Å². The third-order valence-electron chi connectivity index (χ3n) is 3.62. The molecule has 1 unspecified atom stereocenters. The van der Waals surface area contributed by atoms with Crippen LogP contribution >= 0.6 is 0 Å². The molecule has 0 aromatic heterocycles. The minimum Gasteiger partial charge on any atom is -0.391 e. The molecule has 1 aromatic rings. The van der Waals surface area contributed by atoms with Gasteiger partial charge >= 0.3 is 0 Å². The molecule has 5 nitrogen and oxygen atoms in total. The molecule has 0 saturated carbocycles. The molecule has 0 spiro atoms. The fourth-order valence-electron chi connectivity index (χ4n) is 2.36. The number of rotatable bonds is 4. The average molecular weight is 275 g/mol. The van der Waals surface area contributed by atoms with E-state index in [2.05, 4.69) is 5.32 Å². The molecule has 0 aliphatic heterocycles. The Morgan fingerprint density at radius 1 is 1.20 bits per heavy atom. The summed E-state index contributed by atoms with van der Waals surface area (Å²) in [5.41, 5.74) is 13.7. The van der Waals surface area contributed by atoms with E-state index in [1.54, 1.807) is 12.1 Å². The maximum atomic E-state index is 12.2. The van der Waals surface area contributed by atoms with E-state index in [-0.39, 0.29) is 11.9 Å². The van der Waals surface area contributed by atoms with Crippen LogP contribution in [0.4, 0.5) is 0 Å². The Hall–Kier alpha value is -1.69. The van der Waals surface area contributed by atoms with Gasteiger partial charge in [-0.1, -0.05) is 18.2 Å². The van der Waals surface area contributed by atoms with E-state index in [1.807, 2.05) is 18.2 Å². The summed E-state index contributed by atoms with van der Waals surface area (Å²) in [6, 6.07) is 5.10. The number of hydrogen-bond donors (Lipinski definition) is 4. The van der Waals surface area contributed by atoms with Gasteiger partial charge in [-0.15, -0.1) is 0 Å². The summed E-state index contributed by atoms with van der Waals surface area (Å²) in [7, 11) is 0. The molecule has 1 aromatic carbocycles. The van der Waals surface area contributed by atoms with Crippen molar-refractivity contribution in [3.63, 3.8) is 0 Å². The van der Waals surface area contributed by atoms with Gasteiger partial charge < -0.3 is 21.9 Å². The summed E-state index contributed by atoms with van der Waals surface area (Å²) >= 11 is 0. The number of hydrogen-bond acceptors (Lipinski definition) is 4. The highest BCUT2D eigenvalue weighted by Crippen LogP contribution is 2.15. The highest BCUT2D eigenvalue weighted by atomic mass is 16.3. The molecule has 2 rings (SSSR count). The normalized spacial score (nSPS) is 21.8. The first-order valence-corrected chi connectivity index (χ1v) is 6.81. The molecule has 1 aliphatic carbocycles. The SMILES string of the molecule is NCc1ccc(C(=O)NC2CC=CC[C@H]2O)cc1CN. The number of carbonyl (C=O) groups excluding carboxylic acids is 1. The fraction of sp³-hybridized carbons (Fsp3) is 0.400. The molecular weight excluding hydrogens is 254 g/mol. The first kappa shape index (κ1) is 14.7. The number of aliphatic hydroxyl groups is 1. The molecule has 108 valence electrons. The highest BCUT2D eigenvalue weighted by molar-refractivity contribution is 5.94. The van der Waals surface area contributed by atoms with Gasteiger partial charge in [0, 0.05) is 18.7 Å². The second-order valence-electron chi connectivity index (χ2n) is 4.98. The van der Waals surface area contributed by atoms with Gasteiger partial charge in [-0.3, -0.25) is 4.79 Å². The number of carbonyl (C=O) groups is 1.